The van der Waals surface area contributed by atoms with Gasteiger partial charge in [0.2, 0.25) is 0 Å². The second-order valence-electron chi connectivity index (χ2n) is 4.51. The molecule has 100 valence electrons. The molecule has 5 heteroatoms. The Kier molecular flexibility index (Phi) is 3.97. The Balaban J connectivity index is 1.96. The van der Waals surface area contributed by atoms with Gasteiger partial charge in [0.15, 0.2) is 0 Å². The predicted molar refractivity (Wildman–Crippen MR) is 71.8 cm³/mol. The largest absolute Gasteiger partial charge is 0.433 e. The van der Waals surface area contributed by atoms with Gasteiger partial charge in [-0.15, -0.1) is 0 Å². The highest BCUT2D eigenvalue weighted by Gasteiger charge is 2.12. The lowest BCUT2D eigenvalue weighted by Crippen LogP contribution is -2.17. The van der Waals surface area contributed by atoms with Crippen LogP contribution >= 0.6 is 0 Å². The van der Waals surface area contributed by atoms with Gasteiger partial charge in [-0.05, 0) is 25.5 Å². The summed E-state index contributed by atoms with van der Waals surface area (Å²) in [5.74, 6) is 0.339. The average molecular weight is 260 g/mol. The summed E-state index contributed by atoms with van der Waals surface area (Å²) in [5, 5.41) is 13.8. The molecule has 1 atom stereocenters. The number of hydrogen-bond donors (Lipinski definition) is 1. The molecule has 0 spiro atoms. The van der Waals surface area contributed by atoms with Gasteiger partial charge in [0.25, 0.3) is 0 Å². The summed E-state index contributed by atoms with van der Waals surface area (Å²) in [6, 6.07) is 11.4. The van der Waals surface area contributed by atoms with E-state index in [4.69, 9.17) is 4.42 Å². The van der Waals surface area contributed by atoms with Crippen molar-refractivity contribution in [2.75, 3.05) is 0 Å². The average Bonchev–Trinajstić information content (AvgIpc) is 2.85. The Hall–Kier alpha value is -2.14. The van der Waals surface area contributed by atoms with Crippen molar-refractivity contribution in [2.24, 2.45) is 0 Å². The molecule has 2 rings (SSSR count). The van der Waals surface area contributed by atoms with Crippen molar-refractivity contribution in [2.45, 2.75) is 26.4 Å². The molecule has 1 aromatic heterocycles. The minimum atomic E-state index is -0.534. The van der Waals surface area contributed by atoms with E-state index in [1.54, 1.807) is 6.07 Å². The zero-order valence-electron chi connectivity index (χ0n) is 10.9. The van der Waals surface area contributed by atoms with Crippen LogP contribution < -0.4 is 5.32 Å². The maximum absolute atomic E-state index is 10.5. The van der Waals surface area contributed by atoms with Crippen LogP contribution in [0.5, 0.6) is 0 Å². The van der Waals surface area contributed by atoms with Crippen LogP contribution in [-0.2, 0) is 6.54 Å². The molecule has 19 heavy (non-hydrogen) atoms. The van der Waals surface area contributed by atoms with Gasteiger partial charge in [0, 0.05) is 6.04 Å². The Morgan fingerprint density at radius 1 is 1.37 bits per heavy atom. The summed E-state index contributed by atoms with van der Waals surface area (Å²) in [5.41, 5.74) is 2.39. The molecule has 0 saturated carbocycles. The van der Waals surface area contributed by atoms with Gasteiger partial charge in [-0.1, -0.05) is 29.8 Å². The lowest BCUT2D eigenvalue weighted by atomic mass is 10.1. The Bertz CT molecular complexity index is 578. The van der Waals surface area contributed by atoms with Gasteiger partial charge < -0.3 is 9.73 Å². The molecule has 0 aliphatic rings. The molecule has 0 unspecified atom stereocenters. The van der Waals surface area contributed by atoms with E-state index in [1.807, 2.05) is 26.0 Å². The smallest absolute Gasteiger partial charge is 0.404 e. The van der Waals surface area contributed by atoms with E-state index >= 15 is 0 Å². The Morgan fingerprint density at radius 2 is 2.16 bits per heavy atom. The number of benzene rings is 1. The first kappa shape index (κ1) is 13.3. The van der Waals surface area contributed by atoms with Crippen molar-refractivity contribution in [3.8, 4) is 0 Å². The molecule has 1 aromatic carbocycles. The van der Waals surface area contributed by atoms with E-state index in [0.717, 1.165) is 0 Å². The minimum absolute atomic E-state index is 0.157. The standard InChI is InChI=1S/C14H16N2O3/c1-10-4-3-5-12(8-10)11(2)15-9-13-6-7-14(19-13)16(17)18/h3-8,11,15H,9H2,1-2H3/t11-/m0/s1. The lowest BCUT2D eigenvalue weighted by molar-refractivity contribution is -0.402. The first-order chi connectivity index (χ1) is 9.06. The van der Waals surface area contributed by atoms with Crippen LogP contribution in [0.15, 0.2) is 40.8 Å². The third kappa shape index (κ3) is 3.42. The van der Waals surface area contributed by atoms with Gasteiger partial charge in [-0.2, -0.15) is 0 Å². The van der Waals surface area contributed by atoms with Crippen molar-refractivity contribution < 1.29 is 9.34 Å². The van der Waals surface area contributed by atoms with Crippen LogP contribution in [0.25, 0.3) is 0 Å². The quantitative estimate of drug-likeness (QED) is 0.661. The third-order valence-electron chi connectivity index (χ3n) is 2.95. The van der Waals surface area contributed by atoms with E-state index in [9.17, 15) is 10.1 Å². The lowest BCUT2D eigenvalue weighted by Gasteiger charge is -2.13. The fourth-order valence-electron chi connectivity index (χ4n) is 1.87. The van der Waals surface area contributed by atoms with Crippen molar-refractivity contribution in [3.63, 3.8) is 0 Å². The molecule has 0 fully saturated rings. The summed E-state index contributed by atoms with van der Waals surface area (Å²) in [6.07, 6.45) is 0. The fraction of sp³-hybridized carbons (Fsp3) is 0.286. The van der Waals surface area contributed by atoms with E-state index in [1.165, 1.54) is 17.2 Å². The topological polar surface area (TPSA) is 68.3 Å². The number of nitrogens with one attached hydrogen (secondary N) is 1. The second kappa shape index (κ2) is 5.67. The van der Waals surface area contributed by atoms with Crippen molar-refractivity contribution in [1.82, 2.24) is 5.32 Å². The number of furan rings is 1. The Labute approximate surface area is 111 Å². The molecule has 2 aromatic rings. The van der Waals surface area contributed by atoms with Gasteiger partial charge >= 0.3 is 5.88 Å². The molecule has 1 heterocycles. The van der Waals surface area contributed by atoms with E-state index < -0.39 is 4.92 Å². The Morgan fingerprint density at radius 3 is 2.79 bits per heavy atom. The van der Waals surface area contributed by atoms with Crippen LogP contribution in [-0.4, -0.2) is 4.92 Å². The first-order valence-corrected chi connectivity index (χ1v) is 6.09. The monoisotopic (exact) mass is 260 g/mol. The number of nitro groups is 1. The minimum Gasteiger partial charge on any atom is -0.404 e. The SMILES string of the molecule is Cc1cccc([C@H](C)NCc2ccc([N+](=O)[O-])o2)c1. The summed E-state index contributed by atoms with van der Waals surface area (Å²) in [7, 11) is 0. The highest BCUT2D eigenvalue weighted by molar-refractivity contribution is 5.25. The molecular formula is C14H16N2O3. The predicted octanol–water partition coefficient (Wildman–Crippen LogP) is 3.35. The molecule has 0 amide bonds. The van der Waals surface area contributed by atoms with Crippen molar-refractivity contribution in [1.29, 1.82) is 0 Å². The third-order valence-corrected chi connectivity index (χ3v) is 2.95. The zero-order valence-corrected chi connectivity index (χ0v) is 10.9. The molecule has 0 aliphatic heterocycles. The maximum atomic E-state index is 10.5. The van der Waals surface area contributed by atoms with Crippen molar-refractivity contribution >= 4 is 5.88 Å². The van der Waals surface area contributed by atoms with E-state index in [-0.39, 0.29) is 11.9 Å². The highest BCUT2D eigenvalue weighted by Crippen LogP contribution is 2.18. The number of nitrogens with zero attached hydrogens (tertiary/aromatic N) is 1. The number of rotatable bonds is 5. The molecule has 0 saturated heterocycles. The molecule has 0 bridgehead atoms. The van der Waals surface area contributed by atoms with Gasteiger partial charge in [0.1, 0.15) is 10.7 Å². The van der Waals surface area contributed by atoms with E-state index in [2.05, 4.69) is 17.4 Å². The van der Waals surface area contributed by atoms with Gasteiger partial charge in [0.05, 0.1) is 12.6 Å². The zero-order chi connectivity index (χ0) is 13.8. The van der Waals surface area contributed by atoms with Gasteiger partial charge in [-0.25, -0.2) is 0 Å². The van der Waals surface area contributed by atoms with Crippen LogP contribution in [0.2, 0.25) is 0 Å². The number of hydrogen-bond acceptors (Lipinski definition) is 4. The molecule has 0 radical (unpaired) electrons. The van der Waals surface area contributed by atoms with E-state index in [0.29, 0.717) is 12.3 Å². The number of aryl methyl sites for hydroxylation is 1. The summed E-state index contributed by atoms with van der Waals surface area (Å²) < 4.78 is 5.09. The van der Waals surface area contributed by atoms with Crippen LogP contribution in [0, 0.1) is 17.0 Å². The van der Waals surface area contributed by atoms with Crippen LogP contribution in [0.4, 0.5) is 5.88 Å². The molecular weight excluding hydrogens is 244 g/mol. The maximum Gasteiger partial charge on any atom is 0.433 e. The van der Waals surface area contributed by atoms with Crippen LogP contribution in [0.1, 0.15) is 29.9 Å². The normalized spacial score (nSPS) is 12.3. The van der Waals surface area contributed by atoms with Crippen LogP contribution in [0.3, 0.4) is 0 Å². The summed E-state index contributed by atoms with van der Waals surface area (Å²) in [6.45, 7) is 4.56. The fourth-order valence-corrected chi connectivity index (χ4v) is 1.87. The second-order valence-corrected chi connectivity index (χ2v) is 4.51. The molecule has 5 nitrogen and oxygen atoms in total. The molecule has 1 N–H and O–H groups in total. The molecule has 0 aliphatic carbocycles. The van der Waals surface area contributed by atoms with Gasteiger partial charge in [-0.3, -0.25) is 10.1 Å². The van der Waals surface area contributed by atoms with Crippen molar-refractivity contribution in [3.05, 3.63) is 63.4 Å². The summed E-state index contributed by atoms with van der Waals surface area (Å²) in [4.78, 5) is 9.97. The highest BCUT2D eigenvalue weighted by atomic mass is 16.6. The first-order valence-electron chi connectivity index (χ1n) is 6.09. The summed E-state index contributed by atoms with van der Waals surface area (Å²) >= 11 is 0.